The van der Waals surface area contributed by atoms with Gasteiger partial charge in [-0.3, -0.25) is 9.59 Å². The van der Waals surface area contributed by atoms with E-state index in [4.69, 9.17) is 21.1 Å². The van der Waals surface area contributed by atoms with Crippen molar-refractivity contribution in [1.82, 2.24) is 20.2 Å². The molecule has 2 unspecified atom stereocenters. The average Bonchev–Trinajstić information content (AvgIpc) is 3.32. The minimum absolute atomic E-state index is 0.120. The zero-order valence-electron chi connectivity index (χ0n) is 24.8. The molecule has 1 N–H and O–H groups in total. The summed E-state index contributed by atoms with van der Waals surface area (Å²) in [4.78, 5) is 39.0. The number of ether oxygens (including phenoxy) is 2. The lowest BCUT2D eigenvalue weighted by atomic mass is 9.97. The van der Waals surface area contributed by atoms with Crippen LogP contribution in [0.5, 0.6) is 0 Å². The molecule has 0 radical (unpaired) electrons. The fourth-order valence-electron chi connectivity index (χ4n) is 5.47. The summed E-state index contributed by atoms with van der Waals surface area (Å²) in [5.41, 5.74) is 2.92. The van der Waals surface area contributed by atoms with Crippen LogP contribution in [-0.4, -0.2) is 84.8 Å². The number of nitrogens with one attached hydrogen (secondary N) is 1. The number of esters is 1. The fourth-order valence-corrected chi connectivity index (χ4v) is 5.60. The minimum Gasteiger partial charge on any atom is -0.460 e. The summed E-state index contributed by atoms with van der Waals surface area (Å²) < 4.78 is 10.9. The zero-order valence-corrected chi connectivity index (χ0v) is 25.6. The number of anilines is 1. The molecule has 1 aromatic carbocycles. The summed E-state index contributed by atoms with van der Waals surface area (Å²) in [6, 6.07) is 7.55. The Hall–Kier alpha value is -2.75. The molecule has 2 aromatic rings. The van der Waals surface area contributed by atoms with Crippen molar-refractivity contribution < 1.29 is 19.1 Å². The Morgan fingerprint density at radius 3 is 2.54 bits per heavy atom. The Labute approximate surface area is 249 Å². The van der Waals surface area contributed by atoms with E-state index in [1.807, 2.05) is 49.9 Å². The van der Waals surface area contributed by atoms with Crippen molar-refractivity contribution in [2.45, 2.75) is 70.8 Å². The lowest BCUT2D eigenvalue weighted by molar-refractivity contribution is -0.156. The summed E-state index contributed by atoms with van der Waals surface area (Å²) in [7, 11) is 0. The van der Waals surface area contributed by atoms with Crippen LogP contribution in [-0.2, 0) is 25.5 Å². The Morgan fingerprint density at radius 1 is 1.10 bits per heavy atom. The fraction of sp³-hybridized carbons (Fsp3) is 0.613. The van der Waals surface area contributed by atoms with Crippen LogP contribution in [0.15, 0.2) is 30.6 Å². The van der Waals surface area contributed by atoms with E-state index in [-0.39, 0.29) is 24.2 Å². The third kappa shape index (κ3) is 8.87. The molecule has 0 bridgehead atoms. The van der Waals surface area contributed by atoms with Gasteiger partial charge in [-0.25, -0.2) is 9.97 Å². The molecule has 9 nitrogen and oxygen atoms in total. The van der Waals surface area contributed by atoms with Crippen molar-refractivity contribution in [2.75, 3.05) is 57.4 Å². The van der Waals surface area contributed by atoms with Crippen molar-refractivity contribution in [2.24, 2.45) is 0 Å². The molecule has 4 rings (SSSR count). The topological polar surface area (TPSA) is 96.9 Å². The number of rotatable bonds is 12. The highest BCUT2D eigenvalue weighted by Crippen LogP contribution is 2.37. The SMILES string of the molecule is CC1CCc2ncnc(N3CCN(C(=O)C(CNCCCOCCC(=O)OC(C)(C)C)c4ccc(Cl)cc4)CC3)c21. The van der Waals surface area contributed by atoms with Gasteiger partial charge in [-0.15, -0.1) is 0 Å². The van der Waals surface area contributed by atoms with Crippen molar-refractivity contribution >= 4 is 29.3 Å². The highest BCUT2D eigenvalue weighted by molar-refractivity contribution is 6.30. The van der Waals surface area contributed by atoms with Crippen molar-refractivity contribution in [1.29, 1.82) is 0 Å². The van der Waals surface area contributed by atoms with E-state index in [1.54, 1.807) is 6.33 Å². The summed E-state index contributed by atoms with van der Waals surface area (Å²) >= 11 is 6.14. The zero-order chi connectivity index (χ0) is 29.4. The number of halogens is 1. The van der Waals surface area contributed by atoms with Crippen LogP contribution >= 0.6 is 11.6 Å². The van der Waals surface area contributed by atoms with Crippen LogP contribution in [0.25, 0.3) is 0 Å². The smallest absolute Gasteiger partial charge is 0.308 e. The molecule has 2 atom stereocenters. The van der Waals surface area contributed by atoms with Crippen LogP contribution in [0.3, 0.4) is 0 Å². The molecule has 10 heteroatoms. The van der Waals surface area contributed by atoms with E-state index in [0.29, 0.717) is 50.3 Å². The van der Waals surface area contributed by atoms with E-state index in [1.165, 1.54) is 11.3 Å². The van der Waals surface area contributed by atoms with Crippen molar-refractivity contribution in [3.63, 3.8) is 0 Å². The largest absolute Gasteiger partial charge is 0.460 e. The predicted octanol–water partition coefficient (Wildman–Crippen LogP) is 4.34. The second kappa shape index (κ2) is 14.4. The van der Waals surface area contributed by atoms with E-state index in [2.05, 4.69) is 27.1 Å². The molecule has 0 saturated carbocycles. The first-order valence-electron chi connectivity index (χ1n) is 14.8. The molecule has 1 fully saturated rings. The van der Waals surface area contributed by atoms with Gasteiger partial charge < -0.3 is 24.6 Å². The summed E-state index contributed by atoms with van der Waals surface area (Å²) in [6.45, 7) is 12.7. The monoisotopic (exact) mass is 585 g/mol. The van der Waals surface area contributed by atoms with Gasteiger partial charge in [0, 0.05) is 55.6 Å². The molecule has 0 spiro atoms. The molecule has 1 amide bonds. The number of hydrogen-bond donors (Lipinski definition) is 1. The minimum atomic E-state index is -0.484. The highest BCUT2D eigenvalue weighted by Gasteiger charge is 2.32. The molecular formula is C31H44ClN5O4. The normalized spacial score (nSPS) is 17.8. The Morgan fingerprint density at radius 2 is 1.83 bits per heavy atom. The first-order valence-corrected chi connectivity index (χ1v) is 15.1. The number of carbonyl (C=O) groups is 2. The number of fused-ring (bicyclic) bond motifs is 1. The van der Waals surface area contributed by atoms with Gasteiger partial charge in [-0.05, 0) is 70.2 Å². The van der Waals surface area contributed by atoms with Gasteiger partial charge in [-0.2, -0.15) is 0 Å². The van der Waals surface area contributed by atoms with Gasteiger partial charge in [0.2, 0.25) is 5.91 Å². The Bertz CT molecular complexity index is 1160. The molecule has 1 aliphatic carbocycles. The number of aromatic nitrogens is 2. The summed E-state index contributed by atoms with van der Waals surface area (Å²) in [5, 5.41) is 4.09. The first kappa shape index (κ1) is 31.2. The van der Waals surface area contributed by atoms with Crippen LogP contribution in [0.4, 0.5) is 5.82 Å². The lowest BCUT2D eigenvalue weighted by Gasteiger charge is -2.38. The number of aryl methyl sites for hydroxylation is 1. The van der Waals surface area contributed by atoms with E-state index in [0.717, 1.165) is 43.7 Å². The summed E-state index contributed by atoms with van der Waals surface area (Å²) in [5.74, 6) is 1.06. The van der Waals surface area contributed by atoms with Gasteiger partial charge in [0.1, 0.15) is 17.7 Å². The Kier molecular flexibility index (Phi) is 11.0. The lowest BCUT2D eigenvalue weighted by Crippen LogP contribution is -2.51. The number of amides is 1. The maximum absolute atomic E-state index is 13.8. The predicted molar refractivity (Wildman–Crippen MR) is 161 cm³/mol. The van der Waals surface area contributed by atoms with Gasteiger partial charge in [0.15, 0.2) is 0 Å². The molecule has 224 valence electrons. The van der Waals surface area contributed by atoms with Crippen LogP contribution in [0, 0.1) is 0 Å². The van der Waals surface area contributed by atoms with E-state index in [9.17, 15) is 9.59 Å². The number of piperazine rings is 1. The maximum Gasteiger partial charge on any atom is 0.308 e. The van der Waals surface area contributed by atoms with Gasteiger partial charge in [0.05, 0.1) is 18.9 Å². The molecule has 1 aliphatic heterocycles. The highest BCUT2D eigenvalue weighted by atomic mass is 35.5. The van der Waals surface area contributed by atoms with Crippen molar-refractivity contribution in [3.05, 3.63) is 52.4 Å². The van der Waals surface area contributed by atoms with Gasteiger partial charge >= 0.3 is 5.97 Å². The molecule has 2 heterocycles. The van der Waals surface area contributed by atoms with Crippen LogP contribution < -0.4 is 10.2 Å². The first-order chi connectivity index (χ1) is 19.6. The maximum atomic E-state index is 13.8. The standard InChI is InChI=1S/C31H44ClN5O4/c1-22-6-11-26-28(22)29(35-21-34-26)36-14-16-37(17-15-36)30(39)25(23-7-9-24(32)10-8-23)20-33-13-5-18-40-19-12-27(38)41-31(2,3)4/h7-10,21-22,25,33H,5-6,11-20H2,1-4H3. The number of nitrogens with zero attached hydrogens (tertiary/aromatic N) is 4. The number of carbonyl (C=O) groups excluding carboxylic acids is 2. The second-order valence-electron chi connectivity index (χ2n) is 11.9. The Balaban J connectivity index is 1.26. The number of benzene rings is 1. The van der Waals surface area contributed by atoms with Gasteiger partial charge in [0.25, 0.3) is 0 Å². The average molecular weight is 586 g/mol. The van der Waals surface area contributed by atoms with E-state index < -0.39 is 5.60 Å². The molecule has 2 aliphatic rings. The molecular weight excluding hydrogens is 542 g/mol. The second-order valence-corrected chi connectivity index (χ2v) is 12.4. The quantitative estimate of drug-likeness (QED) is 0.290. The van der Waals surface area contributed by atoms with Gasteiger partial charge in [-0.1, -0.05) is 30.7 Å². The van der Waals surface area contributed by atoms with Crippen LogP contribution in [0.2, 0.25) is 5.02 Å². The number of hydrogen-bond acceptors (Lipinski definition) is 8. The molecule has 41 heavy (non-hydrogen) atoms. The summed E-state index contributed by atoms with van der Waals surface area (Å²) in [6.07, 6.45) is 4.82. The van der Waals surface area contributed by atoms with Crippen molar-refractivity contribution in [3.8, 4) is 0 Å². The molecule has 1 saturated heterocycles. The van der Waals surface area contributed by atoms with Crippen LogP contribution in [0.1, 0.15) is 75.6 Å². The van der Waals surface area contributed by atoms with E-state index >= 15 is 0 Å². The third-order valence-electron chi connectivity index (χ3n) is 7.57. The third-order valence-corrected chi connectivity index (χ3v) is 7.83. The molecule has 1 aromatic heterocycles.